The number of carbonyl (C=O) groups excluding carboxylic acids is 6. The van der Waals surface area contributed by atoms with Gasteiger partial charge < -0.3 is 33.5 Å². The Morgan fingerprint density at radius 2 is 1.22 bits per heavy atom. The van der Waals surface area contributed by atoms with E-state index in [1.807, 2.05) is 0 Å². The van der Waals surface area contributed by atoms with Gasteiger partial charge in [-0.1, -0.05) is 58.0 Å². The van der Waals surface area contributed by atoms with Crippen molar-refractivity contribution in [1.29, 1.82) is 0 Å². The van der Waals surface area contributed by atoms with E-state index in [2.05, 4.69) is 0 Å². The van der Waals surface area contributed by atoms with Crippen molar-refractivity contribution < 1.29 is 62.3 Å². The highest BCUT2D eigenvalue weighted by Gasteiger charge is 2.61. The molecule has 1 aromatic carbocycles. The SMILES string of the molecule is CC(=O)O[C@H]1[C@H](OC(C)=O)C(C)(C)/C=C/[C@@H](C)[C@@H](OC(C)=O)[C@]2(OC(C)=O)C[C@@H](C)[C@@H](OC(=O)c3ccccc3)/C2=C\[C@@](C)(O)[C@H]1OC(C)=O. The highest BCUT2D eigenvalue weighted by atomic mass is 16.6. The van der Waals surface area contributed by atoms with Crippen LogP contribution in [0.5, 0.6) is 0 Å². The zero-order valence-electron chi connectivity index (χ0n) is 30.2. The second-order valence-corrected chi connectivity index (χ2v) is 13.9. The molecular formula is C37H48O13. The van der Waals surface area contributed by atoms with Crippen molar-refractivity contribution in [1.82, 2.24) is 0 Å². The number of ether oxygens (including phenoxy) is 6. The fourth-order valence-corrected chi connectivity index (χ4v) is 6.88. The molecule has 0 radical (unpaired) electrons. The third-order valence-electron chi connectivity index (χ3n) is 8.81. The average Bonchev–Trinajstić information content (AvgIpc) is 3.23. The van der Waals surface area contributed by atoms with Crippen molar-refractivity contribution >= 4 is 35.8 Å². The number of aliphatic hydroxyl groups is 1. The molecule has 2 aliphatic rings. The van der Waals surface area contributed by atoms with Gasteiger partial charge in [0, 0.05) is 63.9 Å². The molecule has 3 rings (SSSR count). The predicted octanol–water partition coefficient (Wildman–Crippen LogP) is 4.19. The molecule has 1 N–H and O–H groups in total. The number of carbonyl (C=O) groups is 6. The Kier molecular flexibility index (Phi) is 12.4. The Balaban J connectivity index is 2.50. The smallest absolute Gasteiger partial charge is 0.338 e. The van der Waals surface area contributed by atoms with Crippen LogP contribution in [-0.4, -0.2) is 82.6 Å². The van der Waals surface area contributed by atoms with Crippen molar-refractivity contribution in [2.24, 2.45) is 17.3 Å². The summed E-state index contributed by atoms with van der Waals surface area (Å²) in [4.78, 5) is 76.9. The van der Waals surface area contributed by atoms with Crippen LogP contribution in [0.15, 0.2) is 54.1 Å². The maximum atomic E-state index is 13.5. The molecule has 2 aliphatic carbocycles. The van der Waals surface area contributed by atoms with Gasteiger partial charge in [-0.25, -0.2) is 4.79 Å². The third-order valence-corrected chi connectivity index (χ3v) is 8.81. The largest absolute Gasteiger partial charge is 0.458 e. The van der Waals surface area contributed by atoms with Crippen molar-refractivity contribution in [2.45, 2.75) is 117 Å². The summed E-state index contributed by atoms with van der Waals surface area (Å²) in [6.07, 6.45) is -2.61. The summed E-state index contributed by atoms with van der Waals surface area (Å²) in [5.41, 5.74) is -5.09. The van der Waals surface area contributed by atoms with Gasteiger partial charge in [-0.3, -0.25) is 24.0 Å². The van der Waals surface area contributed by atoms with E-state index >= 15 is 0 Å². The molecule has 13 heteroatoms. The van der Waals surface area contributed by atoms with Gasteiger partial charge in [0.1, 0.15) is 11.7 Å². The van der Waals surface area contributed by atoms with Gasteiger partial charge in [0.15, 0.2) is 30.0 Å². The molecule has 1 aromatic rings. The van der Waals surface area contributed by atoms with E-state index in [0.717, 1.165) is 20.8 Å². The Bertz CT molecular complexity index is 1520. The molecule has 0 amide bonds. The maximum Gasteiger partial charge on any atom is 0.338 e. The van der Waals surface area contributed by atoms with E-state index in [-0.39, 0.29) is 17.6 Å². The van der Waals surface area contributed by atoms with Crippen molar-refractivity contribution in [2.75, 3.05) is 0 Å². The van der Waals surface area contributed by atoms with E-state index in [1.54, 1.807) is 70.2 Å². The summed E-state index contributed by atoms with van der Waals surface area (Å²) in [6, 6.07) is 8.15. The zero-order valence-corrected chi connectivity index (χ0v) is 30.2. The van der Waals surface area contributed by atoms with Gasteiger partial charge in [0.25, 0.3) is 0 Å². The number of benzene rings is 1. The first-order valence-corrected chi connectivity index (χ1v) is 16.4. The normalized spacial score (nSPS) is 33.7. The second kappa shape index (κ2) is 15.6. The van der Waals surface area contributed by atoms with Crippen LogP contribution >= 0.6 is 0 Å². The van der Waals surface area contributed by atoms with Gasteiger partial charge >= 0.3 is 35.8 Å². The lowest BCUT2D eigenvalue weighted by molar-refractivity contribution is -0.207. The van der Waals surface area contributed by atoms with Crippen molar-refractivity contribution in [3.8, 4) is 0 Å². The number of hydrogen-bond acceptors (Lipinski definition) is 13. The van der Waals surface area contributed by atoms with Crippen LogP contribution in [0.3, 0.4) is 0 Å². The Morgan fingerprint density at radius 3 is 1.74 bits per heavy atom. The Hall–Kier alpha value is -4.52. The topological polar surface area (TPSA) is 178 Å². The first kappa shape index (κ1) is 39.9. The molecule has 1 saturated carbocycles. The van der Waals surface area contributed by atoms with E-state index < -0.39 is 94.8 Å². The lowest BCUT2D eigenvalue weighted by atomic mass is 9.74. The minimum atomic E-state index is -2.32. The number of esters is 6. The van der Waals surface area contributed by atoms with Crippen LogP contribution in [0.25, 0.3) is 0 Å². The Labute approximate surface area is 292 Å². The minimum Gasteiger partial charge on any atom is -0.458 e. The molecule has 0 unspecified atom stereocenters. The summed E-state index contributed by atoms with van der Waals surface area (Å²) in [6.45, 7) is 13.8. The van der Waals surface area contributed by atoms with Crippen LogP contribution in [0.4, 0.5) is 0 Å². The molecule has 0 bridgehead atoms. The van der Waals surface area contributed by atoms with Gasteiger partial charge in [-0.15, -0.1) is 0 Å². The fourth-order valence-electron chi connectivity index (χ4n) is 6.88. The van der Waals surface area contributed by atoms with E-state index in [1.165, 1.54) is 26.8 Å². The van der Waals surface area contributed by atoms with Gasteiger partial charge in [-0.2, -0.15) is 0 Å². The van der Waals surface area contributed by atoms with E-state index in [0.29, 0.717) is 0 Å². The summed E-state index contributed by atoms with van der Waals surface area (Å²) in [5, 5.41) is 12.5. The van der Waals surface area contributed by atoms with Crippen LogP contribution in [-0.2, 0) is 52.4 Å². The minimum absolute atomic E-state index is 0.0254. The summed E-state index contributed by atoms with van der Waals surface area (Å²) >= 11 is 0. The molecule has 9 atom stereocenters. The fraction of sp³-hybridized carbons (Fsp3) is 0.568. The van der Waals surface area contributed by atoms with Gasteiger partial charge in [0.05, 0.1) is 5.56 Å². The lowest BCUT2D eigenvalue weighted by Gasteiger charge is -2.45. The first-order chi connectivity index (χ1) is 23.1. The van der Waals surface area contributed by atoms with Crippen LogP contribution in [0, 0.1) is 17.3 Å². The molecule has 0 aliphatic heterocycles. The standard InChI is InChI=1S/C37H48O13/c1-20-16-17-35(8,9)32(47-24(5)40)30(45-22(3)38)33(48-25(6)41)36(10,44)19-28-29(49-34(43)27-14-12-11-13-15-27)21(2)18-37(28,50-26(7)42)31(20)46-23(4)39/h11-17,19-21,29-33,44H,18H2,1-10H3/b17-16+,28-19+/t20-,21-,29-,30+,31-,32+,33+,36-,37+/m1/s1. The molecule has 274 valence electrons. The second-order valence-electron chi connectivity index (χ2n) is 13.9. The monoisotopic (exact) mass is 700 g/mol. The quantitative estimate of drug-likeness (QED) is 0.244. The average molecular weight is 701 g/mol. The third kappa shape index (κ3) is 9.17. The highest BCUT2D eigenvalue weighted by molar-refractivity contribution is 5.89. The van der Waals surface area contributed by atoms with Gasteiger partial charge in [-0.05, 0) is 25.1 Å². The van der Waals surface area contributed by atoms with Crippen molar-refractivity contribution in [3.05, 3.63) is 59.7 Å². The van der Waals surface area contributed by atoms with E-state index in [4.69, 9.17) is 28.4 Å². The van der Waals surface area contributed by atoms with Crippen LogP contribution in [0.1, 0.15) is 86.0 Å². The summed E-state index contributed by atoms with van der Waals surface area (Å²) in [7, 11) is 0. The number of fused-ring (bicyclic) bond motifs is 1. The molecular weight excluding hydrogens is 652 g/mol. The summed E-state index contributed by atoms with van der Waals surface area (Å²) < 4.78 is 35.3. The summed E-state index contributed by atoms with van der Waals surface area (Å²) in [5.74, 6) is -5.97. The highest BCUT2D eigenvalue weighted by Crippen LogP contribution is 2.51. The zero-order chi connectivity index (χ0) is 37.8. The molecule has 13 nitrogen and oxygen atoms in total. The lowest BCUT2D eigenvalue weighted by Crippen LogP contribution is -2.59. The molecule has 50 heavy (non-hydrogen) atoms. The number of rotatable bonds is 7. The van der Waals surface area contributed by atoms with Crippen LogP contribution < -0.4 is 0 Å². The Morgan fingerprint density at radius 1 is 0.700 bits per heavy atom. The molecule has 0 saturated heterocycles. The van der Waals surface area contributed by atoms with Crippen LogP contribution in [0.2, 0.25) is 0 Å². The molecule has 0 heterocycles. The first-order valence-electron chi connectivity index (χ1n) is 16.4. The van der Waals surface area contributed by atoms with Crippen molar-refractivity contribution in [3.63, 3.8) is 0 Å². The molecule has 1 fully saturated rings. The van der Waals surface area contributed by atoms with Gasteiger partial charge in [0.2, 0.25) is 0 Å². The maximum absolute atomic E-state index is 13.5. The predicted molar refractivity (Wildman–Crippen MR) is 177 cm³/mol. The number of hydrogen-bond donors (Lipinski definition) is 1. The van der Waals surface area contributed by atoms with E-state index in [9.17, 15) is 33.9 Å². The molecule has 0 aromatic heterocycles. The molecule has 0 spiro atoms.